The maximum Gasteiger partial charge on any atom is 0.142 e. The fourth-order valence-electron chi connectivity index (χ4n) is 1.80. The predicted molar refractivity (Wildman–Crippen MR) is 84.4 cm³/mol. The Balaban J connectivity index is 2.32. The molecule has 1 heterocycles. The van der Waals surface area contributed by atoms with Gasteiger partial charge in [-0.15, -0.1) is 0 Å². The molecule has 108 valence electrons. The van der Waals surface area contributed by atoms with Gasteiger partial charge in [-0.1, -0.05) is 23.2 Å². The van der Waals surface area contributed by atoms with Gasteiger partial charge in [0.05, 0.1) is 16.2 Å². The molecule has 0 spiro atoms. The van der Waals surface area contributed by atoms with E-state index in [1.807, 2.05) is 20.2 Å². The van der Waals surface area contributed by atoms with Crippen LogP contribution in [0.5, 0.6) is 5.75 Å². The summed E-state index contributed by atoms with van der Waals surface area (Å²) in [6.07, 6.45) is 3.24. The van der Waals surface area contributed by atoms with Crippen LogP contribution in [0, 0.1) is 0 Å². The smallest absolute Gasteiger partial charge is 0.142 e. The van der Waals surface area contributed by atoms with E-state index in [1.165, 1.54) is 0 Å². The highest BCUT2D eigenvalue weighted by Crippen LogP contribution is 2.36. The number of aryl methyl sites for hydroxylation is 1. The Bertz CT molecular complexity index is 616. The van der Waals surface area contributed by atoms with Crippen LogP contribution in [0.2, 0.25) is 10.0 Å². The standard InChI is InChI=1S/C13H14BrCl2N3O/c1-7(17)13(8-5-18-19(2)6-8)20-12-4-10(15)9(14)3-11(12)16/h3-7,13H,17H2,1-2H3. The second-order valence-electron chi connectivity index (χ2n) is 4.54. The van der Waals surface area contributed by atoms with Crippen molar-refractivity contribution in [2.24, 2.45) is 12.8 Å². The third-order valence-electron chi connectivity index (χ3n) is 2.76. The fourth-order valence-corrected chi connectivity index (χ4v) is 2.63. The van der Waals surface area contributed by atoms with Crippen LogP contribution in [0.3, 0.4) is 0 Å². The highest BCUT2D eigenvalue weighted by Gasteiger charge is 2.21. The Kier molecular flexibility index (Phi) is 4.96. The Morgan fingerprint density at radius 1 is 1.35 bits per heavy atom. The zero-order chi connectivity index (χ0) is 14.9. The average molecular weight is 379 g/mol. The van der Waals surface area contributed by atoms with Gasteiger partial charge >= 0.3 is 0 Å². The lowest BCUT2D eigenvalue weighted by molar-refractivity contribution is 0.180. The van der Waals surface area contributed by atoms with Crippen LogP contribution in [0.25, 0.3) is 0 Å². The van der Waals surface area contributed by atoms with E-state index in [0.29, 0.717) is 15.8 Å². The summed E-state index contributed by atoms with van der Waals surface area (Å²) >= 11 is 15.5. The molecule has 0 aliphatic carbocycles. The number of benzene rings is 1. The van der Waals surface area contributed by atoms with Crippen LogP contribution in [0.15, 0.2) is 29.0 Å². The molecule has 0 amide bonds. The second kappa shape index (κ2) is 6.35. The Hall–Kier alpha value is -0.750. The first kappa shape index (κ1) is 15.6. The molecule has 2 atom stereocenters. The van der Waals surface area contributed by atoms with Crippen LogP contribution in [0.1, 0.15) is 18.6 Å². The van der Waals surface area contributed by atoms with E-state index in [4.69, 9.17) is 33.7 Å². The molecule has 0 fully saturated rings. The van der Waals surface area contributed by atoms with Crippen LogP contribution in [-0.2, 0) is 7.05 Å². The molecule has 0 aliphatic heterocycles. The topological polar surface area (TPSA) is 53.1 Å². The van der Waals surface area contributed by atoms with Crippen molar-refractivity contribution in [1.29, 1.82) is 0 Å². The normalized spacial score (nSPS) is 14.1. The van der Waals surface area contributed by atoms with E-state index >= 15 is 0 Å². The van der Waals surface area contributed by atoms with Crippen molar-refractivity contribution >= 4 is 39.1 Å². The summed E-state index contributed by atoms with van der Waals surface area (Å²) in [5, 5.41) is 5.13. The largest absolute Gasteiger partial charge is 0.482 e. The first-order valence-corrected chi connectivity index (χ1v) is 7.48. The molecule has 0 saturated heterocycles. The molecule has 0 bridgehead atoms. The SMILES string of the molecule is CC(N)C(Oc1cc(Cl)c(Br)cc1Cl)c1cnn(C)c1. The second-order valence-corrected chi connectivity index (χ2v) is 6.21. The minimum absolute atomic E-state index is 0.224. The van der Waals surface area contributed by atoms with Gasteiger partial charge in [-0.05, 0) is 28.9 Å². The van der Waals surface area contributed by atoms with Crippen LogP contribution >= 0.6 is 39.1 Å². The van der Waals surface area contributed by atoms with Gasteiger partial charge in [0.1, 0.15) is 11.9 Å². The molecule has 0 saturated carbocycles. The summed E-state index contributed by atoms with van der Waals surface area (Å²) in [7, 11) is 1.84. The monoisotopic (exact) mass is 377 g/mol. The Morgan fingerprint density at radius 3 is 2.60 bits per heavy atom. The summed E-state index contributed by atoms with van der Waals surface area (Å²) < 4.78 is 8.34. The predicted octanol–water partition coefficient (Wildman–Crippen LogP) is 3.96. The molecule has 0 radical (unpaired) electrons. The van der Waals surface area contributed by atoms with E-state index in [1.54, 1.807) is 23.0 Å². The highest BCUT2D eigenvalue weighted by atomic mass is 79.9. The summed E-state index contributed by atoms with van der Waals surface area (Å²) in [4.78, 5) is 0. The number of ether oxygens (including phenoxy) is 1. The Morgan fingerprint density at radius 2 is 2.05 bits per heavy atom. The molecule has 1 aromatic carbocycles. The number of hydrogen-bond donors (Lipinski definition) is 1. The maximum absolute atomic E-state index is 6.17. The highest BCUT2D eigenvalue weighted by molar-refractivity contribution is 9.10. The van der Waals surface area contributed by atoms with E-state index < -0.39 is 0 Å². The van der Waals surface area contributed by atoms with Gasteiger partial charge in [0, 0.05) is 35.4 Å². The van der Waals surface area contributed by atoms with E-state index in [9.17, 15) is 0 Å². The summed E-state index contributed by atoms with van der Waals surface area (Å²) in [5.41, 5.74) is 6.88. The van der Waals surface area contributed by atoms with E-state index in [-0.39, 0.29) is 12.1 Å². The molecule has 4 nitrogen and oxygen atoms in total. The molecular weight excluding hydrogens is 365 g/mol. The lowest BCUT2D eigenvalue weighted by Gasteiger charge is -2.22. The maximum atomic E-state index is 6.17. The van der Waals surface area contributed by atoms with Crippen LogP contribution < -0.4 is 10.5 Å². The van der Waals surface area contributed by atoms with Gasteiger partial charge in [-0.2, -0.15) is 5.10 Å². The molecule has 2 N–H and O–H groups in total. The molecule has 0 aliphatic rings. The molecule has 2 rings (SSSR count). The minimum atomic E-state index is -0.349. The fraction of sp³-hybridized carbons (Fsp3) is 0.308. The van der Waals surface area contributed by atoms with Gasteiger partial charge in [-0.25, -0.2) is 0 Å². The van der Waals surface area contributed by atoms with Crippen molar-refractivity contribution in [3.05, 3.63) is 44.6 Å². The molecule has 2 aromatic rings. The lowest BCUT2D eigenvalue weighted by Crippen LogP contribution is -2.28. The number of hydrogen-bond acceptors (Lipinski definition) is 3. The summed E-state index contributed by atoms with van der Waals surface area (Å²) in [6, 6.07) is 3.14. The third kappa shape index (κ3) is 3.47. The van der Waals surface area contributed by atoms with Gasteiger partial charge in [-0.3, -0.25) is 4.68 Å². The van der Waals surface area contributed by atoms with Gasteiger partial charge in [0.15, 0.2) is 0 Å². The number of aromatic nitrogens is 2. The molecular formula is C13H14BrCl2N3O. The molecule has 20 heavy (non-hydrogen) atoms. The van der Waals surface area contributed by atoms with Crippen LogP contribution in [-0.4, -0.2) is 15.8 Å². The third-order valence-corrected chi connectivity index (χ3v) is 4.25. The van der Waals surface area contributed by atoms with Crippen molar-refractivity contribution in [3.63, 3.8) is 0 Å². The number of rotatable bonds is 4. The van der Waals surface area contributed by atoms with E-state index in [0.717, 1.165) is 10.0 Å². The summed E-state index contributed by atoms with van der Waals surface area (Å²) in [6.45, 7) is 1.87. The van der Waals surface area contributed by atoms with Gasteiger partial charge in [0.2, 0.25) is 0 Å². The van der Waals surface area contributed by atoms with Crippen molar-refractivity contribution < 1.29 is 4.74 Å². The molecule has 2 unspecified atom stereocenters. The lowest BCUT2D eigenvalue weighted by atomic mass is 10.1. The Labute approximate surface area is 135 Å². The minimum Gasteiger partial charge on any atom is -0.482 e. The van der Waals surface area contributed by atoms with Crippen molar-refractivity contribution in [3.8, 4) is 5.75 Å². The number of halogens is 3. The van der Waals surface area contributed by atoms with Crippen molar-refractivity contribution in [1.82, 2.24) is 9.78 Å². The molecule has 7 heteroatoms. The number of nitrogens with zero attached hydrogens (tertiary/aromatic N) is 2. The zero-order valence-electron chi connectivity index (χ0n) is 11.0. The quantitative estimate of drug-likeness (QED) is 0.819. The van der Waals surface area contributed by atoms with Gasteiger partial charge in [0.25, 0.3) is 0 Å². The first-order chi connectivity index (χ1) is 9.38. The van der Waals surface area contributed by atoms with E-state index in [2.05, 4.69) is 21.0 Å². The van der Waals surface area contributed by atoms with Crippen LogP contribution in [0.4, 0.5) is 0 Å². The molecule has 1 aromatic heterocycles. The average Bonchev–Trinajstić information content (AvgIpc) is 2.78. The van der Waals surface area contributed by atoms with Gasteiger partial charge < -0.3 is 10.5 Å². The van der Waals surface area contributed by atoms with Crippen molar-refractivity contribution in [2.75, 3.05) is 0 Å². The van der Waals surface area contributed by atoms with Crippen molar-refractivity contribution in [2.45, 2.75) is 19.1 Å². The zero-order valence-corrected chi connectivity index (χ0v) is 14.1. The number of nitrogens with two attached hydrogens (primary N) is 1. The summed E-state index contributed by atoms with van der Waals surface area (Å²) in [5.74, 6) is 0.492. The first-order valence-electron chi connectivity index (χ1n) is 5.94.